The normalized spacial score (nSPS) is 14.8. The number of amides is 1. The Balaban J connectivity index is 1.99. The number of carbonyl (C=O) groups excluding carboxylic acids is 1. The lowest BCUT2D eigenvalue weighted by Gasteiger charge is -2.27. The fraction of sp³-hybridized carbons (Fsp3) is 0.467. The third kappa shape index (κ3) is 3.25. The number of hydrogen-bond acceptors (Lipinski definition) is 3. The minimum atomic E-state index is 0.117. The number of nitrogens with zero attached hydrogens (tertiary/aromatic N) is 2. The summed E-state index contributed by atoms with van der Waals surface area (Å²) >= 11 is 0. The lowest BCUT2D eigenvalue weighted by molar-refractivity contribution is -0.130. The molecule has 0 bridgehead atoms. The van der Waals surface area contributed by atoms with Crippen LogP contribution in [0, 0.1) is 18.3 Å². The summed E-state index contributed by atoms with van der Waals surface area (Å²) in [6.45, 7) is 3.92. The van der Waals surface area contributed by atoms with Crippen LogP contribution in [0.15, 0.2) is 18.2 Å². The number of nitriles is 1. The molecule has 1 aliphatic heterocycles. The molecule has 4 heteroatoms. The van der Waals surface area contributed by atoms with Crippen molar-refractivity contribution < 1.29 is 4.79 Å². The van der Waals surface area contributed by atoms with Crippen molar-refractivity contribution in [3.8, 4) is 6.07 Å². The van der Waals surface area contributed by atoms with Gasteiger partial charge in [-0.2, -0.15) is 5.26 Å². The van der Waals surface area contributed by atoms with E-state index in [4.69, 9.17) is 5.26 Å². The van der Waals surface area contributed by atoms with Gasteiger partial charge in [-0.1, -0.05) is 12.1 Å². The molecule has 100 valence electrons. The van der Waals surface area contributed by atoms with Crippen LogP contribution in [0.4, 0.5) is 5.69 Å². The Labute approximate surface area is 114 Å². The minimum absolute atomic E-state index is 0.117. The van der Waals surface area contributed by atoms with Gasteiger partial charge in [0.1, 0.15) is 6.07 Å². The number of anilines is 1. The average molecular weight is 257 g/mol. The molecule has 1 heterocycles. The predicted octanol–water partition coefficient (Wildman–Crippen LogP) is 2.29. The number of para-hydroxylation sites is 1. The molecule has 1 aromatic carbocycles. The second kappa shape index (κ2) is 6.24. The van der Waals surface area contributed by atoms with Crippen molar-refractivity contribution in [1.29, 1.82) is 5.26 Å². The number of nitrogens with one attached hydrogen (secondary N) is 1. The summed E-state index contributed by atoms with van der Waals surface area (Å²) in [7, 11) is 0. The van der Waals surface area contributed by atoms with E-state index in [2.05, 4.69) is 11.4 Å². The molecule has 0 aromatic heterocycles. The predicted molar refractivity (Wildman–Crippen MR) is 74.8 cm³/mol. The van der Waals surface area contributed by atoms with Crippen molar-refractivity contribution in [3.63, 3.8) is 0 Å². The summed E-state index contributed by atoms with van der Waals surface area (Å²) in [5, 5.41) is 12.2. The van der Waals surface area contributed by atoms with E-state index in [9.17, 15) is 4.79 Å². The van der Waals surface area contributed by atoms with E-state index in [1.165, 1.54) is 6.42 Å². The summed E-state index contributed by atoms with van der Waals surface area (Å²) in [5.41, 5.74) is 2.35. The Morgan fingerprint density at radius 1 is 1.37 bits per heavy atom. The maximum absolute atomic E-state index is 12.1. The van der Waals surface area contributed by atoms with Crippen molar-refractivity contribution in [1.82, 2.24) is 4.90 Å². The van der Waals surface area contributed by atoms with Gasteiger partial charge in [-0.3, -0.25) is 4.79 Å². The summed E-state index contributed by atoms with van der Waals surface area (Å²) < 4.78 is 0. The molecule has 0 saturated carbocycles. The number of aryl methyl sites for hydroxylation is 1. The summed E-state index contributed by atoms with van der Waals surface area (Å²) in [6, 6.07) is 7.71. The van der Waals surface area contributed by atoms with Crippen LogP contribution in [0.2, 0.25) is 0 Å². The Morgan fingerprint density at radius 3 is 2.79 bits per heavy atom. The molecule has 4 nitrogen and oxygen atoms in total. The second-order valence-electron chi connectivity index (χ2n) is 4.90. The molecule has 1 amide bonds. The number of piperidine rings is 1. The van der Waals surface area contributed by atoms with Crippen molar-refractivity contribution in [2.24, 2.45) is 0 Å². The molecular formula is C15H19N3O. The van der Waals surface area contributed by atoms with Crippen molar-refractivity contribution in [2.75, 3.05) is 25.0 Å². The standard InChI is InChI=1S/C15H19N3O/c1-12-6-5-7-13(10-16)15(12)17-11-14(19)18-8-3-2-4-9-18/h5-7,17H,2-4,8-9,11H2,1H3. The van der Waals surface area contributed by atoms with Gasteiger partial charge in [0.25, 0.3) is 0 Å². The largest absolute Gasteiger partial charge is 0.375 e. The van der Waals surface area contributed by atoms with Crippen LogP contribution in [-0.2, 0) is 4.79 Å². The maximum Gasteiger partial charge on any atom is 0.241 e. The Bertz CT molecular complexity index is 499. The van der Waals surface area contributed by atoms with Gasteiger partial charge in [0.05, 0.1) is 17.8 Å². The van der Waals surface area contributed by atoms with Gasteiger partial charge in [-0.05, 0) is 37.8 Å². The number of carbonyl (C=O) groups is 1. The van der Waals surface area contributed by atoms with E-state index >= 15 is 0 Å². The molecule has 0 aliphatic carbocycles. The molecule has 1 fully saturated rings. The molecule has 0 atom stereocenters. The van der Waals surface area contributed by atoms with E-state index in [0.29, 0.717) is 5.56 Å². The van der Waals surface area contributed by atoms with Gasteiger partial charge in [-0.15, -0.1) is 0 Å². The number of likely N-dealkylation sites (tertiary alicyclic amines) is 1. The zero-order chi connectivity index (χ0) is 13.7. The zero-order valence-corrected chi connectivity index (χ0v) is 11.3. The molecule has 0 spiro atoms. The number of rotatable bonds is 3. The van der Waals surface area contributed by atoms with E-state index in [1.807, 2.05) is 24.0 Å². The fourth-order valence-corrected chi connectivity index (χ4v) is 2.41. The van der Waals surface area contributed by atoms with Crippen LogP contribution < -0.4 is 5.32 Å². The first-order valence-electron chi connectivity index (χ1n) is 6.73. The lowest BCUT2D eigenvalue weighted by atomic mass is 10.1. The first-order chi connectivity index (χ1) is 9.22. The van der Waals surface area contributed by atoms with Crippen molar-refractivity contribution in [3.05, 3.63) is 29.3 Å². The maximum atomic E-state index is 12.1. The molecule has 1 aliphatic rings. The lowest BCUT2D eigenvalue weighted by Crippen LogP contribution is -2.39. The third-order valence-corrected chi connectivity index (χ3v) is 3.52. The van der Waals surface area contributed by atoms with E-state index in [-0.39, 0.29) is 12.5 Å². The van der Waals surface area contributed by atoms with Crippen LogP contribution in [0.3, 0.4) is 0 Å². The average Bonchev–Trinajstić information content (AvgIpc) is 2.46. The van der Waals surface area contributed by atoms with Gasteiger partial charge < -0.3 is 10.2 Å². The second-order valence-corrected chi connectivity index (χ2v) is 4.90. The van der Waals surface area contributed by atoms with Gasteiger partial charge >= 0.3 is 0 Å². The molecule has 2 rings (SSSR count). The highest BCUT2D eigenvalue weighted by molar-refractivity contribution is 5.82. The smallest absolute Gasteiger partial charge is 0.241 e. The van der Waals surface area contributed by atoms with Gasteiger partial charge in [0.2, 0.25) is 5.91 Å². The highest BCUT2D eigenvalue weighted by atomic mass is 16.2. The Kier molecular flexibility index (Phi) is 4.40. The van der Waals surface area contributed by atoms with Gasteiger partial charge in [0, 0.05) is 13.1 Å². The van der Waals surface area contributed by atoms with Crippen LogP contribution in [-0.4, -0.2) is 30.4 Å². The highest BCUT2D eigenvalue weighted by Crippen LogP contribution is 2.19. The highest BCUT2D eigenvalue weighted by Gasteiger charge is 2.16. The van der Waals surface area contributed by atoms with Gasteiger partial charge in [-0.25, -0.2) is 0 Å². The first kappa shape index (κ1) is 13.4. The number of hydrogen-bond donors (Lipinski definition) is 1. The quantitative estimate of drug-likeness (QED) is 0.904. The van der Waals surface area contributed by atoms with Crippen LogP contribution in [0.1, 0.15) is 30.4 Å². The SMILES string of the molecule is Cc1cccc(C#N)c1NCC(=O)N1CCCCC1. The third-order valence-electron chi connectivity index (χ3n) is 3.52. The van der Waals surface area contributed by atoms with E-state index < -0.39 is 0 Å². The van der Waals surface area contributed by atoms with E-state index in [1.54, 1.807) is 6.07 Å². The minimum Gasteiger partial charge on any atom is -0.375 e. The Hall–Kier alpha value is -2.02. The molecule has 0 unspecified atom stereocenters. The molecular weight excluding hydrogens is 238 g/mol. The molecule has 1 aromatic rings. The fourth-order valence-electron chi connectivity index (χ4n) is 2.41. The Morgan fingerprint density at radius 2 is 2.11 bits per heavy atom. The summed E-state index contributed by atoms with van der Waals surface area (Å²) in [6.07, 6.45) is 3.41. The zero-order valence-electron chi connectivity index (χ0n) is 11.3. The van der Waals surface area contributed by atoms with Crippen LogP contribution in [0.5, 0.6) is 0 Å². The van der Waals surface area contributed by atoms with Crippen molar-refractivity contribution in [2.45, 2.75) is 26.2 Å². The summed E-state index contributed by atoms with van der Waals surface area (Å²) in [5.74, 6) is 0.117. The van der Waals surface area contributed by atoms with E-state index in [0.717, 1.165) is 37.2 Å². The number of benzene rings is 1. The molecule has 19 heavy (non-hydrogen) atoms. The van der Waals surface area contributed by atoms with Crippen LogP contribution in [0.25, 0.3) is 0 Å². The first-order valence-corrected chi connectivity index (χ1v) is 6.73. The molecule has 0 radical (unpaired) electrons. The monoisotopic (exact) mass is 257 g/mol. The molecule has 1 saturated heterocycles. The summed E-state index contributed by atoms with van der Waals surface area (Å²) in [4.78, 5) is 14.0. The topological polar surface area (TPSA) is 56.1 Å². The van der Waals surface area contributed by atoms with Crippen molar-refractivity contribution >= 4 is 11.6 Å². The van der Waals surface area contributed by atoms with Crippen LogP contribution >= 0.6 is 0 Å². The van der Waals surface area contributed by atoms with Gasteiger partial charge in [0.15, 0.2) is 0 Å². The molecule has 1 N–H and O–H groups in total.